The van der Waals surface area contributed by atoms with Crippen LogP contribution in [0.3, 0.4) is 0 Å². The Bertz CT molecular complexity index is 500. The quantitative estimate of drug-likeness (QED) is 0.565. The second-order valence-electron chi connectivity index (χ2n) is 3.69. The number of hydrogen-bond acceptors (Lipinski definition) is 4. The van der Waals surface area contributed by atoms with Gasteiger partial charge in [-0.25, -0.2) is 0 Å². The summed E-state index contributed by atoms with van der Waals surface area (Å²) in [5.74, 6) is 0. The van der Waals surface area contributed by atoms with Gasteiger partial charge >= 0.3 is 0 Å². The maximum Gasteiger partial charge on any atom is 0.0554 e. The van der Waals surface area contributed by atoms with Crippen LogP contribution < -0.4 is 22.9 Å². The fraction of sp³-hybridized carbons (Fsp3) is 0.0769. The second kappa shape index (κ2) is 11.5. The number of rotatable bonds is 1. The summed E-state index contributed by atoms with van der Waals surface area (Å²) in [6, 6.07) is 11.0. The molecule has 0 bridgehead atoms. The lowest BCUT2D eigenvalue weighted by atomic mass is 10.0. The highest BCUT2D eigenvalue weighted by Crippen LogP contribution is 2.28. The number of benzene rings is 2. The highest BCUT2D eigenvalue weighted by Gasteiger charge is 2.02. The van der Waals surface area contributed by atoms with Crippen LogP contribution in [0.5, 0.6) is 0 Å². The van der Waals surface area contributed by atoms with Crippen LogP contribution in [-0.2, 0) is 0 Å². The van der Waals surface area contributed by atoms with Crippen LogP contribution in [0.25, 0.3) is 11.1 Å². The van der Waals surface area contributed by atoms with Crippen molar-refractivity contribution in [2.75, 3.05) is 22.9 Å². The summed E-state index contributed by atoms with van der Waals surface area (Å²) in [7, 11) is 0. The maximum absolute atomic E-state index is 5.74. The van der Waals surface area contributed by atoms with Gasteiger partial charge in [0.25, 0.3) is 0 Å². The Morgan fingerprint density at radius 1 is 0.476 bits per heavy atom. The Balaban J connectivity index is -0.000000289. The molecule has 21 heavy (non-hydrogen) atoms. The summed E-state index contributed by atoms with van der Waals surface area (Å²) in [5.41, 5.74) is 27.0. The van der Waals surface area contributed by atoms with Crippen molar-refractivity contribution in [1.82, 2.24) is 0 Å². The SMILES string of the molecule is C.Cl.Cl.Cl.Cl.Nc1ccc(-c2ccc(N)c(N)c2)cc1N. The van der Waals surface area contributed by atoms with Crippen molar-refractivity contribution in [2.45, 2.75) is 7.43 Å². The van der Waals surface area contributed by atoms with Gasteiger partial charge in [-0.3, -0.25) is 0 Å². The predicted molar refractivity (Wildman–Crippen MR) is 105 cm³/mol. The lowest BCUT2D eigenvalue weighted by Crippen LogP contribution is -1.96. The Morgan fingerprint density at radius 2 is 0.762 bits per heavy atom. The zero-order valence-corrected chi connectivity index (χ0v) is 13.7. The Kier molecular flexibility index (Phi) is 15.3. The molecule has 0 spiro atoms. The molecule has 8 heteroatoms. The molecule has 0 aliphatic rings. The van der Waals surface area contributed by atoms with Gasteiger partial charge in [0.15, 0.2) is 0 Å². The molecule has 0 heterocycles. The van der Waals surface area contributed by atoms with Crippen molar-refractivity contribution in [2.24, 2.45) is 0 Å². The minimum atomic E-state index is 0. The van der Waals surface area contributed by atoms with E-state index in [1.807, 2.05) is 24.3 Å². The van der Waals surface area contributed by atoms with Gasteiger partial charge in [-0.2, -0.15) is 0 Å². The highest BCUT2D eigenvalue weighted by atomic mass is 35.5. The van der Waals surface area contributed by atoms with Crippen molar-refractivity contribution in [3.05, 3.63) is 36.4 Å². The van der Waals surface area contributed by atoms with Crippen LogP contribution >= 0.6 is 49.6 Å². The van der Waals surface area contributed by atoms with E-state index in [2.05, 4.69) is 0 Å². The Labute approximate surface area is 150 Å². The zero-order chi connectivity index (χ0) is 11.7. The third-order valence-electron chi connectivity index (χ3n) is 2.51. The summed E-state index contributed by atoms with van der Waals surface area (Å²) in [6.07, 6.45) is 0. The first-order valence-corrected chi connectivity index (χ1v) is 4.88. The molecule has 0 aromatic heterocycles. The van der Waals surface area contributed by atoms with Crippen LogP contribution in [0.15, 0.2) is 36.4 Å². The molecule has 0 unspecified atom stereocenters. The van der Waals surface area contributed by atoms with Gasteiger partial charge in [0.05, 0.1) is 22.7 Å². The van der Waals surface area contributed by atoms with Gasteiger partial charge < -0.3 is 22.9 Å². The molecule has 122 valence electrons. The van der Waals surface area contributed by atoms with Crippen molar-refractivity contribution >= 4 is 72.4 Å². The van der Waals surface area contributed by atoms with Gasteiger partial charge in [-0.05, 0) is 35.4 Å². The first kappa shape index (κ1) is 28.0. The summed E-state index contributed by atoms with van der Waals surface area (Å²) in [5, 5.41) is 0. The Hall–Kier alpha value is -1.20. The van der Waals surface area contributed by atoms with E-state index in [9.17, 15) is 0 Å². The molecule has 4 nitrogen and oxygen atoms in total. The summed E-state index contributed by atoms with van der Waals surface area (Å²) >= 11 is 0. The van der Waals surface area contributed by atoms with Crippen molar-refractivity contribution in [3.8, 4) is 11.1 Å². The summed E-state index contributed by atoms with van der Waals surface area (Å²) in [6.45, 7) is 0. The maximum atomic E-state index is 5.74. The zero-order valence-electron chi connectivity index (χ0n) is 10.4. The van der Waals surface area contributed by atoms with E-state index in [4.69, 9.17) is 22.9 Å². The predicted octanol–water partition coefficient (Wildman–Crippen LogP) is 4.01. The van der Waals surface area contributed by atoms with Crippen LogP contribution in [0.4, 0.5) is 22.7 Å². The molecule has 0 aliphatic carbocycles. The minimum Gasteiger partial charge on any atom is -0.397 e. The van der Waals surface area contributed by atoms with E-state index in [0.29, 0.717) is 22.7 Å². The third-order valence-corrected chi connectivity index (χ3v) is 2.51. The highest BCUT2D eigenvalue weighted by molar-refractivity contribution is 5.86. The topological polar surface area (TPSA) is 104 Å². The molecule has 0 saturated carbocycles. The molecule has 0 atom stereocenters. The average Bonchev–Trinajstić information content (AvgIpc) is 2.26. The van der Waals surface area contributed by atoms with Gasteiger partial charge in [0.2, 0.25) is 0 Å². The van der Waals surface area contributed by atoms with Crippen LogP contribution in [0, 0.1) is 0 Å². The van der Waals surface area contributed by atoms with Crippen LogP contribution in [-0.4, -0.2) is 0 Å². The molecule has 0 aliphatic heterocycles. The Morgan fingerprint density at radius 3 is 1.00 bits per heavy atom. The molecule has 0 radical (unpaired) electrons. The second-order valence-corrected chi connectivity index (χ2v) is 3.69. The first-order chi connectivity index (χ1) is 7.58. The van der Waals surface area contributed by atoms with Gasteiger partial charge in [-0.1, -0.05) is 19.6 Å². The molecular formula is C13H22Cl4N4. The van der Waals surface area contributed by atoms with E-state index in [0.717, 1.165) is 11.1 Å². The molecule has 0 amide bonds. The van der Waals surface area contributed by atoms with Crippen molar-refractivity contribution < 1.29 is 0 Å². The molecule has 0 fully saturated rings. The van der Waals surface area contributed by atoms with E-state index in [-0.39, 0.29) is 57.1 Å². The molecule has 2 rings (SSSR count). The van der Waals surface area contributed by atoms with Gasteiger partial charge in [-0.15, -0.1) is 49.6 Å². The van der Waals surface area contributed by atoms with E-state index >= 15 is 0 Å². The summed E-state index contributed by atoms with van der Waals surface area (Å²) in [4.78, 5) is 0. The molecular weight excluding hydrogens is 354 g/mol. The number of halogens is 4. The smallest absolute Gasteiger partial charge is 0.0554 e. The number of nitrogen functional groups attached to an aromatic ring is 4. The molecule has 2 aromatic rings. The van der Waals surface area contributed by atoms with E-state index in [1.54, 1.807) is 12.1 Å². The lowest BCUT2D eigenvalue weighted by molar-refractivity contribution is 1.60. The fourth-order valence-electron chi connectivity index (χ4n) is 1.51. The number of hydrogen-bond donors (Lipinski definition) is 4. The van der Waals surface area contributed by atoms with Crippen LogP contribution in [0.1, 0.15) is 7.43 Å². The molecule has 2 aromatic carbocycles. The van der Waals surface area contributed by atoms with Gasteiger partial charge in [0.1, 0.15) is 0 Å². The molecule has 8 N–H and O–H groups in total. The lowest BCUT2D eigenvalue weighted by Gasteiger charge is -2.07. The minimum absolute atomic E-state index is 0. The van der Waals surface area contributed by atoms with Gasteiger partial charge in [0, 0.05) is 0 Å². The number of nitrogens with two attached hydrogens (primary N) is 4. The standard InChI is InChI=1S/C12H14N4.CH4.4ClH/c13-9-3-1-7(5-11(9)15)8-2-4-10(14)12(16)6-8;;;;;/h1-6H,13-16H2;1H4;4*1H. The molecule has 0 saturated heterocycles. The number of anilines is 4. The van der Waals surface area contributed by atoms with Crippen molar-refractivity contribution in [1.29, 1.82) is 0 Å². The first-order valence-electron chi connectivity index (χ1n) is 4.88. The summed E-state index contributed by atoms with van der Waals surface area (Å²) < 4.78 is 0. The average molecular weight is 376 g/mol. The van der Waals surface area contributed by atoms with E-state index in [1.165, 1.54) is 0 Å². The third kappa shape index (κ3) is 6.40. The largest absolute Gasteiger partial charge is 0.397 e. The monoisotopic (exact) mass is 374 g/mol. The van der Waals surface area contributed by atoms with E-state index < -0.39 is 0 Å². The fourth-order valence-corrected chi connectivity index (χ4v) is 1.51. The van der Waals surface area contributed by atoms with Crippen molar-refractivity contribution in [3.63, 3.8) is 0 Å². The van der Waals surface area contributed by atoms with Crippen LogP contribution in [0.2, 0.25) is 0 Å². The normalized spacial score (nSPS) is 7.81.